The Morgan fingerprint density at radius 1 is 1.21 bits per heavy atom. The lowest BCUT2D eigenvalue weighted by Gasteiger charge is -2.02. The van der Waals surface area contributed by atoms with E-state index in [-0.39, 0.29) is 28.2 Å². The lowest BCUT2D eigenvalue weighted by atomic mass is 10.1. The van der Waals surface area contributed by atoms with Gasteiger partial charge in [-0.3, -0.25) is 14.7 Å². The summed E-state index contributed by atoms with van der Waals surface area (Å²) in [5, 5.41) is 8.74. The average molecular weight is 330 g/mol. The number of nitrogens with one attached hydrogen (secondary N) is 2. The molecule has 2 heterocycles. The monoisotopic (exact) mass is 330 g/mol. The van der Waals surface area contributed by atoms with Crippen LogP contribution in [0.5, 0.6) is 0 Å². The molecule has 1 amide bonds. The molecule has 0 aliphatic carbocycles. The molecule has 24 heavy (non-hydrogen) atoms. The molecule has 2 N–H and O–H groups in total. The molecule has 6 nitrogen and oxygen atoms in total. The van der Waals surface area contributed by atoms with Crippen LogP contribution in [-0.4, -0.2) is 20.7 Å². The van der Waals surface area contributed by atoms with Crippen LogP contribution in [0.2, 0.25) is 0 Å². The number of aromatic nitrogens is 3. The molecule has 0 bridgehead atoms. The van der Waals surface area contributed by atoms with E-state index < -0.39 is 17.5 Å². The Hall–Kier alpha value is -3.29. The zero-order valence-corrected chi connectivity index (χ0v) is 12.5. The van der Waals surface area contributed by atoms with E-state index in [0.29, 0.717) is 0 Å². The van der Waals surface area contributed by atoms with Crippen molar-refractivity contribution in [2.45, 2.75) is 0 Å². The zero-order chi connectivity index (χ0) is 17.3. The van der Waals surface area contributed by atoms with Gasteiger partial charge in [-0.1, -0.05) is 6.07 Å². The predicted octanol–water partition coefficient (Wildman–Crippen LogP) is 2.31. The number of hydrogen-bond donors (Lipinski definition) is 2. The number of benzene rings is 1. The molecule has 0 aliphatic rings. The maximum Gasteiger partial charge on any atom is 0.257 e. The van der Waals surface area contributed by atoms with Crippen molar-refractivity contribution in [3.8, 4) is 11.3 Å². The summed E-state index contributed by atoms with van der Waals surface area (Å²) in [5.74, 6) is -1.97. The molecular weight excluding hydrogens is 318 g/mol. The van der Waals surface area contributed by atoms with Gasteiger partial charge < -0.3 is 9.88 Å². The highest BCUT2D eigenvalue weighted by atomic mass is 19.1. The SMILES string of the molecule is Cn1ccc(C(=O)Nc2cc(-c3c(F)cccc3F)[nH]n2)cc1=O. The van der Waals surface area contributed by atoms with Crippen molar-refractivity contribution in [2.75, 3.05) is 5.32 Å². The third-order valence-electron chi connectivity index (χ3n) is 3.42. The van der Waals surface area contributed by atoms with E-state index in [1.807, 2.05) is 0 Å². The Balaban J connectivity index is 1.85. The number of H-pyrrole nitrogens is 1. The lowest BCUT2D eigenvalue weighted by Crippen LogP contribution is -2.20. The Bertz CT molecular complexity index is 958. The van der Waals surface area contributed by atoms with E-state index in [9.17, 15) is 18.4 Å². The topological polar surface area (TPSA) is 79.8 Å². The van der Waals surface area contributed by atoms with Gasteiger partial charge in [0.25, 0.3) is 11.5 Å². The van der Waals surface area contributed by atoms with Crippen LogP contribution < -0.4 is 10.9 Å². The maximum absolute atomic E-state index is 13.7. The number of anilines is 1. The first-order valence-electron chi connectivity index (χ1n) is 6.93. The van der Waals surface area contributed by atoms with Crippen LogP contribution in [0.3, 0.4) is 0 Å². The van der Waals surface area contributed by atoms with Crippen LogP contribution in [0.1, 0.15) is 10.4 Å². The fourth-order valence-corrected chi connectivity index (χ4v) is 2.15. The number of aryl methyl sites for hydroxylation is 1. The van der Waals surface area contributed by atoms with Gasteiger partial charge in [0.05, 0.1) is 11.3 Å². The Kier molecular flexibility index (Phi) is 3.95. The van der Waals surface area contributed by atoms with Crippen LogP contribution in [0.15, 0.2) is 47.4 Å². The van der Waals surface area contributed by atoms with E-state index in [1.165, 1.54) is 35.0 Å². The first-order valence-corrected chi connectivity index (χ1v) is 6.93. The van der Waals surface area contributed by atoms with Crippen LogP contribution in [0.25, 0.3) is 11.3 Å². The van der Waals surface area contributed by atoms with Gasteiger partial charge in [0.2, 0.25) is 0 Å². The van der Waals surface area contributed by atoms with E-state index in [4.69, 9.17) is 0 Å². The van der Waals surface area contributed by atoms with E-state index in [1.54, 1.807) is 7.05 Å². The molecule has 3 rings (SSSR count). The summed E-state index contributed by atoms with van der Waals surface area (Å²) in [6.45, 7) is 0. The van der Waals surface area contributed by atoms with Crippen LogP contribution >= 0.6 is 0 Å². The highest BCUT2D eigenvalue weighted by molar-refractivity contribution is 6.03. The molecule has 122 valence electrons. The number of halogens is 2. The molecule has 0 atom stereocenters. The van der Waals surface area contributed by atoms with Crippen molar-refractivity contribution < 1.29 is 13.6 Å². The lowest BCUT2D eigenvalue weighted by molar-refractivity contribution is 0.102. The van der Waals surface area contributed by atoms with Crippen LogP contribution in [0, 0.1) is 11.6 Å². The predicted molar refractivity (Wildman–Crippen MR) is 83.6 cm³/mol. The number of pyridine rings is 1. The minimum atomic E-state index is -0.747. The number of carbonyl (C=O) groups is 1. The third kappa shape index (κ3) is 2.94. The van der Waals surface area contributed by atoms with Crippen molar-refractivity contribution >= 4 is 11.7 Å². The second-order valence-electron chi connectivity index (χ2n) is 5.08. The second-order valence-corrected chi connectivity index (χ2v) is 5.08. The van der Waals surface area contributed by atoms with Crippen molar-refractivity contribution in [3.63, 3.8) is 0 Å². The van der Waals surface area contributed by atoms with Gasteiger partial charge in [0, 0.05) is 30.9 Å². The van der Waals surface area contributed by atoms with Crippen molar-refractivity contribution in [3.05, 3.63) is 70.1 Å². The van der Waals surface area contributed by atoms with E-state index in [2.05, 4.69) is 15.5 Å². The van der Waals surface area contributed by atoms with E-state index >= 15 is 0 Å². The van der Waals surface area contributed by atoms with Gasteiger partial charge in [0.15, 0.2) is 5.82 Å². The summed E-state index contributed by atoms with van der Waals surface area (Å²) >= 11 is 0. The Morgan fingerprint density at radius 2 is 1.92 bits per heavy atom. The molecule has 3 aromatic rings. The summed E-state index contributed by atoms with van der Waals surface area (Å²) in [6, 6.07) is 7.46. The summed E-state index contributed by atoms with van der Waals surface area (Å²) in [5.41, 5.74) is -0.359. The molecule has 0 saturated carbocycles. The first-order chi connectivity index (χ1) is 11.5. The van der Waals surface area contributed by atoms with Crippen molar-refractivity contribution in [2.24, 2.45) is 7.05 Å². The van der Waals surface area contributed by atoms with Gasteiger partial charge in [-0.2, -0.15) is 5.10 Å². The standard InChI is InChI=1S/C16H12F2N4O2/c1-22-6-5-9(7-14(22)23)16(24)19-13-8-12(20-21-13)15-10(17)3-2-4-11(15)18/h2-8H,1H3,(H2,19,20,21,24). The maximum atomic E-state index is 13.7. The molecule has 2 aromatic heterocycles. The number of carbonyl (C=O) groups excluding carboxylic acids is 1. The van der Waals surface area contributed by atoms with Gasteiger partial charge >= 0.3 is 0 Å². The van der Waals surface area contributed by atoms with Gasteiger partial charge in [0.1, 0.15) is 11.6 Å². The summed E-state index contributed by atoms with van der Waals surface area (Å²) < 4.78 is 28.8. The van der Waals surface area contributed by atoms with Gasteiger partial charge in [-0.05, 0) is 18.2 Å². The third-order valence-corrected chi connectivity index (χ3v) is 3.42. The fraction of sp³-hybridized carbons (Fsp3) is 0.0625. The Morgan fingerprint density at radius 3 is 2.58 bits per heavy atom. The Labute approximate surface area is 134 Å². The van der Waals surface area contributed by atoms with Crippen LogP contribution in [0.4, 0.5) is 14.6 Å². The summed E-state index contributed by atoms with van der Waals surface area (Å²) in [6.07, 6.45) is 1.46. The molecule has 0 saturated heterocycles. The van der Waals surface area contributed by atoms with Crippen LogP contribution in [-0.2, 0) is 7.05 Å². The second kappa shape index (κ2) is 6.07. The molecule has 0 fully saturated rings. The minimum Gasteiger partial charge on any atom is -0.319 e. The van der Waals surface area contributed by atoms with Crippen molar-refractivity contribution in [1.82, 2.24) is 14.8 Å². The minimum absolute atomic E-state index is 0.0818. The highest BCUT2D eigenvalue weighted by Crippen LogP contribution is 2.25. The fourth-order valence-electron chi connectivity index (χ4n) is 2.15. The van der Waals surface area contributed by atoms with Crippen molar-refractivity contribution in [1.29, 1.82) is 0 Å². The van der Waals surface area contributed by atoms with Gasteiger partial charge in [-0.25, -0.2) is 8.78 Å². The smallest absolute Gasteiger partial charge is 0.257 e. The molecule has 1 aromatic carbocycles. The molecule has 0 radical (unpaired) electrons. The number of amides is 1. The first kappa shape index (κ1) is 15.6. The molecule has 0 aliphatic heterocycles. The number of aromatic amines is 1. The molecule has 8 heteroatoms. The summed E-state index contributed by atoms with van der Waals surface area (Å²) in [4.78, 5) is 23.6. The molecule has 0 spiro atoms. The summed E-state index contributed by atoms with van der Waals surface area (Å²) in [7, 11) is 1.56. The van der Waals surface area contributed by atoms with E-state index in [0.717, 1.165) is 12.1 Å². The highest BCUT2D eigenvalue weighted by Gasteiger charge is 2.15. The number of hydrogen-bond acceptors (Lipinski definition) is 3. The molecular formula is C16H12F2N4O2. The normalized spacial score (nSPS) is 10.6. The quantitative estimate of drug-likeness (QED) is 0.773. The van der Waals surface area contributed by atoms with Gasteiger partial charge in [-0.15, -0.1) is 0 Å². The largest absolute Gasteiger partial charge is 0.319 e. The zero-order valence-electron chi connectivity index (χ0n) is 12.5. The number of nitrogens with zero attached hydrogens (tertiary/aromatic N) is 2. The average Bonchev–Trinajstić information content (AvgIpc) is 2.98. The molecule has 0 unspecified atom stereocenters. The number of rotatable bonds is 3.